The minimum absolute atomic E-state index is 0.0384. The van der Waals surface area contributed by atoms with Crippen molar-refractivity contribution in [3.05, 3.63) is 34.9 Å². The molecule has 2 rings (SSSR count). The number of aliphatic hydroxyl groups is 1. The summed E-state index contributed by atoms with van der Waals surface area (Å²) in [4.78, 5) is 11.9. The molecule has 19 heavy (non-hydrogen) atoms. The van der Waals surface area contributed by atoms with Gasteiger partial charge in [-0.2, -0.15) is 0 Å². The van der Waals surface area contributed by atoms with Crippen LogP contribution in [0.1, 0.15) is 23.1 Å². The predicted octanol–water partition coefficient (Wildman–Crippen LogP) is 0.687. The molecule has 4 nitrogen and oxygen atoms in total. The third-order valence-corrected chi connectivity index (χ3v) is 3.77. The Morgan fingerprint density at radius 1 is 1.42 bits per heavy atom. The van der Waals surface area contributed by atoms with E-state index in [9.17, 15) is 9.90 Å². The van der Waals surface area contributed by atoms with Crippen LogP contribution in [0.5, 0.6) is 0 Å². The maximum absolute atomic E-state index is 11.9. The van der Waals surface area contributed by atoms with Gasteiger partial charge in [0.2, 0.25) is 5.91 Å². The molecule has 1 aromatic rings. The monoisotopic (exact) mass is 262 g/mol. The highest BCUT2D eigenvalue weighted by atomic mass is 16.3. The number of β-amino-alcohol motifs (C(OH)–C–C–N with tert-alkyl or cyclic N) is 1. The lowest BCUT2D eigenvalue weighted by Gasteiger charge is -2.21. The Kier molecular flexibility index (Phi) is 4.22. The Hall–Kier alpha value is -1.39. The quantitative estimate of drug-likeness (QED) is 0.748. The summed E-state index contributed by atoms with van der Waals surface area (Å²) in [5, 5.41) is 16.0. The summed E-state index contributed by atoms with van der Waals surface area (Å²) in [5.41, 5.74) is 2.66. The summed E-state index contributed by atoms with van der Waals surface area (Å²) in [6.07, 6.45) is 1.06. The second kappa shape index (κ2) is 5.72. The van der Waals surface area contributed by atoms with E-state index in [0.29, 0.717) is 25.9 Å². The first kappa shape index (κ1) is 14.0. The highest BCUT2D eigenvalue weighted by Gasteiger charge is 2.31. The molecule has 1 heterocycles. The van der Waals surface area contributed by atoms with Crippen molar-refractivity contribution < 1.29 is 9.90 Å². The number of carbonyl (C=O) groups is 1. The molecule has 0 bridgehead atoms. The van der Waals surface area contributed by atoms with Crippen LogP contribution in [-0.4, -0.2) is 36.2 Å². The minimum Gasteiger partial charge on any atom is -0.387 e. The fourth-order valence-corrected chi connectivity index (χ4v) is 2.31. The van der Waals surface area contributed by atoms with Gasteiger partial charge in [0.1, 0.15) is 0 Å². The lowest BCUT2D eigenvalue weighted by Crippen LogP contribution is -2.44. The summed E-state index contributed by atoms with van der Waals surface area (Å²) in [6, 6.07) is 6.06. The smallest absolute Gasteiger partial charge is 0.224 e. The van der Waals surface area contributed by atoms with E-state index < -0.39 is 5.60 Å². The van der Waals surface area contributed by atoms with Crippen molar-refractivity contribution in [1.82, 2.24) is 10.6 Å². The van der Waals surface area contributed by atoms with Gasteiger partial charge in [0, 0.05) is 13.1 Å². The van der Waals surface area contributed by atoms with E-state index in [1.54, 1.807) is 0 Å². The molecule has 1 fully saturated rings. The van der Waals surface area contributed by atoms with Crippen molar-refractivity contribution in [1.29, 1.82) is 0 Å². The average molecular weight is 262 g/mol. The summed E-state index contributed by atoms with van der Waals surface area (Å²) in [7, 11) is 0. The normalized spacial score (nSPS) is 22.5. The van der Waals surface area contributed by atoms with Crippen molar-refractivity contribution in [2.75, 3.05) is 19.6 Å². The molecule has 1 amide bonds. The second-order valence-corrected chi connectivity index (χ2v) is 5.52. The highest BCUT2D eigenvalue weighted by Crippen LogP contribution is 2.13. The van der Waals surface area contributed by atoms with Crippen LogP contribution >= 0.6 is 0 Å². The zero-order chi connectivity index (χ0) is 13.9. The van der Waals surface area contributed by atoms with E-state index in [-0.39, 0.29) is 5.91 Å². The molecule has 0 spiro atoms. The van der Waals surface area contributed by atoms with Crippen molar-refractivity contribution in [2.24, 2.45) is 0 Å². The molecule has 4 heteroatoms. The second-order valence-electron chi connectivity index (χ2n) is 5.52. The predicted molar refractivity (Wildman–Crippen MR) is 75.1 cm³/mol. The number of nitrogens with one attached hydrogen (secondary N) is 2. The molecular formula is C15H22N2O2. The molecule has 1 atom stereocenters. The van der Waals surface area contributed by atoms with Crippen molar-refractivity contribution >= 4 is 5.91 Å². The van der Waals surface area contributed by atoms with Crippen molar-refractivity contribution in [3.63, 3.8) is 0 Å². The zero-order valence-electron chi connectivity index (χ0n) is 11.6. The van der Waals surface area contributed by atoms with Gasteiger partial charge in [-0.1, -0.05) is 18.2 Å². The Morgan fingerprint density at radius 3 is 2.84 bits per heavy atom. The first-order chi connectivity index (χ1) is 8.98. The van der Waals surface area contributed by atoms with Gasteiger partial charge in [-0.05, 0) is 43.5 Å². The van der Waals surface area contributed by atoms with Gasteiger partial charge in [0.25, 0.3) is 0 Å². The third-order valence-electron chi connectivity index (χ3n) is 3.77. The maximum atomic E-state index is 11.9. The lowest BCUT2D eigenvalue weighted by atomic mass is 10.0. The fourth-order valence-electron chi connectivity index (χ4n) is 2.31. The Morgan fingerprint density at radius 2 is 2.21 bits per heavy atom. The molecule has 3 N–H and O–H groups in total. The summed E-state index contributed by atoms with van der Waals surface area (Å²) in [5.74, 6) is -0.0384. The number of hydrogen-bond donors (Lipinski definition) is 3. The Bertz CT molecular complexity index is 465. The number of benzene rings is 1. The molecular weight excluding hydrogens is 240 g/mol. The van der Waals surface area contributed by atoms with E-state index >= 15 is 0 Å². The van der Waals surface area contributed by atoms with Crippen LogP contribution in [0.2, 0.25) is 0 Å². The van der Waals surface area contributed by atoms with Gasteiger partial charge >= 0.3 is 0 Å². The zero-order valence-corrected chi connectivity index (χ0v) is 11.6. The van der Waals surface area contributed by atoms with Gasteiger partial charge in [-0.3, -0.25) is 4.79 Å². The Balaban J connectivity index is 1.85. The number of hydrogen-bond acceptors (Lipinski definition) is 3. The van der Waals surface area contributed by atoms with Gasteiger partial charge in [-0.15, -0.1) is 0 Å². The molecule has 1 aliphatic rings. The van der Waals surface area contributed by atoms with E-state index in [1.165, 1.54) is 11.1 Å². The van der Waals surface area contributed by atoms with E-state index in [0.717, 1.165) is 12.1 Å². The average Bonchev–Trinajstić information content (AvgIpc) is 2.79. The van der Waals surface area contributed by atoms with Crippen molar-refractivity contribution in [2.45, 2.75) is 32.3 Å². The number of carbonyl (C=O) groups excluding carboxylic acids is 1. The largest absolute Gasteiger partial charge is 0.387 e. The van der Waals surface area contributed by atoms with Crippen LogP contribution in [0, 0.1) is 13.8 Å². The van der Waals surface area contributed by atoms with E-state index in [4.69, 9.17) is 0 Å². The van der Waals surface area contributed by atoms with Crippen LogP contribution < -0.4 is 10.6 Å². The number of rotatable bonds is 4. The molecule has 1 aliphatic heterocycles. The van der Waals surface area contributed by atoms with Crippen LogP contribution in [0.4, 0.5) is 0 Å². The molecule has 0 aliphatic carbocycles. The van der Waals surface area contributed by atoms with Gasteiger partial charge in [0.05, 0.1) is 12.0 Å². The number of amides is 1. The molecule has 104 valence electrons. The topological polar surface area (TPSA) is 61.4 Å². The fraction of sp³-hybridized carbons (Fsp3) is 0.533. The minimum atomic E-state index is -0.779. The van der Waals surface area contributed by atoms with Crippen molar-refractivity contribution in [3.8, 4) is 0 Å². The molecule has 1 saturated heterocycles. The van der Waals surface area contributed by atoms with E-state index in [1.807, 2.05) is 25.1 Å². The summed E-state index contributed by atoms with van der Waals surface area (Å²) in [6.45, 7) is 5.79. The standard InChI is InChI=1S/C15H22N2O2/c1-11-3-4-13(7-12(11)2)8-14(18)17-10-15(19)5-6-16-9-15/h3-4,7,16,19H,5-6,8-10H2,1-2H3,(H,17,18). The van der Waals surface area contributed by atoms with Gasteiger partial charge < -0.3 is 15.7 Å². The molecule has 0 saturated carbocycles. The first-order valence-corrected chi connectivity index (χ1v) is 6.74. The lowest BCUT2D eigenvalue weighted by molar-refractivity contribution is -0.121. The molecule has 1 aromatic carbocycles. The summed E-state index contributed by atoms with van der Waals surface area (Å²) < 4.78 is 0. The SMILES string of the molecule is Cc1ccc(CC(=O)NCC2(O)CCNC2)cc1C. The molecule has 0 radical (unpaired) electrons. The van der Waals surface area contributed by atoms with Crippen LogP contribution in [0.15, 0.2) is 18.2 Å². The summed E-state index contributed by atoms with van der Waals surface area (Å²) >= 11 is 0. The van der Waals surface area contributed by atoms with Crippen LogP contribution in [-0.2, 0) is 11.2 Å². The molecule has 0 aromatic heterocycles. The van der Waals surface area contributed by atoms with E-state index in [2.05, 4.69) is 17.6 Å². The van der Waals surface area contributed by atoms with Crippen LogP contribution in [0.25, 0.3) is 0 Å². The van der Waals surface area contributed by atoms with Crippen LogP contribution in [0.3, 0.4) is 0 Å². The third kappa shape index (κ3) is 3.78. The Labute approximate surface area is 114 Å². The van der Waals surface area contributed by atoms with Gasteiger partial charge in [0.15, 0.2) is 0 Å². The van der Waals surface area contributed by atoms with Gasteiger partial charge in [-0.25, -0.2) is 0 Å². The first-order valence-electron chi connectivity index (χ1n) is 6.74. The highest BCUT2D eigenvalue weighted by molar-refractivity contribution is 5.78. The maximum Gasteiger partial charge on any atom is 0.224 e. The molecule has 1 unspecified atom stereocenters. The number of aryl methyl sites for hydroxylation is 2.